The van der Waals surface area contributed by atoms with Crippen LogP contribution in [0.1, 0.15) is 26.7 Å². The number of rotatable bonds is 6. The summed E-state index contributed by atoms with van der Waals surface area (Å²) in [4.78, 5) is 26.7. The summed E-state index contributed by atoms with van der Waals surface area (Å²) in [7, 11) is 1.59. The SMILES string of the molecule is COCCN(CC(C)C)C(=O)N1CCC[C@@H]1C(=O)O. The summed E-state index contributed by atoms with van der Waals surface area (Å²) in [5.74, 6) is -0.575. The number of amides is 2. The van der Waals surface area contributed by atoms with Crippen molar-refractivity contribution in [2.24, 2.45) is 5.92 Å². The minimum atomic E-state index is -0.915. The molecule has 0 saturated carbocycles. The highest BCUT2D eigenvalue weighted by atomic mass is 16.5. The second-order valence-corrected chi connectivity index (χ2v) is 5.30. The molecule has 6 nitrogen and oxygen atoms in total. The van der Waals surface area contributed by atoms with Crippen molar-refractivity contribution in [2.75, 3.05) is 33.4 Å². The van der Waals surface area contributed by atoms with E-state index >= 15 is 0 Å². The van der Waals surface area contributed by atoms with Crippen molar-refractivity contribution in [3.8, 4) is 0 Å². The lowest BCUT2D eigenvalue weighted by atomic mass is 10.2. The minimum absolute atomic E-state index is 0.185. The lowest BCUT2D eigenvalue weighted by Crippen LogP contribution is -2.49. The first kappa shape index (κ1) is 15.8. The van der Waals surface area contributed by atoms with Crippen LogP contribution in [-0.2, 0) is 9.53 Å². The number of methoxy groups -OCH3 is 1. The number of nitrogens with zero attached hydrogens (tertiary/aromatic N) is 2. The zero-order valence-corrected chi connectivity index (χ0v) is 12.0. The van der Waals surface area contributed by atoms with Gasteiger partial charge in [-0.3, -0.25) is 0 Å². The van der Waals surface area contributed by atoms with Crippen LogP contribution >= 0.6 is 0 Å². The number of carbonyl (C=O) groups excluding carboxylic acids is 1. The molecule has 0 aromatic rings. The lowest BCUT2D eigenvalue weighted by Gasteiger charge is -2.31. The second-order valence-electron chi connectivity index (χ2n) is 5.30. The first-order chi connectivity index (χ1) is 8.97. The highest BCUT2D eigenvalue weighted by Gasteiger charge is 2.36. The third kappa shape index (κ3) is 4.38. The number of likely N-dealkylation sites (tertiary alicyclic amines) is 1. The zero-order chi connectivity index (χ0) is 14.4. The van der Waals surface area contributed by atoms with Crippen molar-refractivity contribution in [1.82, 2.24) is 9.80 Å². The van der Waals surface area contributed by atoms with E-state index in [-0.39, 0.29) is 6.03 Å². The van der Waals surface area contributed by atoms with Gasteiger partial charge in [0.05, 0.1) is 6.61 Å². The average Bonchev–Trinajstić information content (AvgIpc) is 2.82. The summed E-state index contributed by atoms with van der Waals surface area (Å²) in [6.07, 6.45) is 1.30. The van der Waals surface area contributed by atoms with Crippen molar-refractivity contribution in [2.45, 2.75) is 32.7 Å². The zero-order valence-electron chi connectivity index (χ0n) is 12.0. The molecule has 0 unspecified atom stereocenters. The molecule has 0 bridgehead atoms. The Balaban J connectivity index is 2.71. The molecule has 1 aliphatic heterocycles. The van der Waals surface area contributed by atoms with Gasteiger partial charge in [-0.05, 0) is 18.8 Å². The molecule has 0 aromatic heterocycles. The van der Waals surface area contributed by atoms with Gasteiger partial charge in [-0.2, -0.15) is 0 Å². The molecule has 2 amide bonds. The van der Waals surface area contributed by atoms with Gasteiger partial charge in [0.2, 0.25) is 0 Å². The van der Waals surface area contributed by atoms with Gasteiger partial charge in [0.25, 0.3) is 0 Å². The fraction of sp³-hybridized carbons (Fsp3) is 0.846. The number of carboxylic acids is 1. The van der Waals surface area contributed by atoms with Crippen LogP contribution in [0.15, 0.2) is 0 Å². The lowest BCUT2D eigenvalue weighted by molar-refractivity contribution is -0.141. The molecule has 0 spiro atoms. The molecule has 1 saturated heterocycles. The van der Waals surface area contributed by atoms with E-state index < -0.39 is 12.0 Å². The van der Waals surface area contributed by atoms with E-state index in [0.717, 1.165) is 6.42 Å². The Bertz CT molecular complexity index is 320. The van der Waals surface area contributed by atoms with Crippen LogP contribution in [0.5, 0.6) is 0 Å². The average molecular weight is 272 g/mol. The van der Waals surface area contributed by atoms with Gasteiger partial charge in [-0.1, -0.05) is 13.8 Å². The number of carboxylic acid groups (broad SMARTS) is 1. The first-order valence-corrected chi connectivity index (χ1v) is 6.74. The third-order valence-corrected chi connectivity index (χ3v) is 3.20. The molecule has 0 aromatic carbocycles. The Labute approximate surface area is 114 Å². The largest absolute Gasteiger partial charge is 0.480 e. The molecule has 0 aliphatic carbocycles. The van der Waals surface area contributed by atoms with E-state index in [9.17, 15) is 9.59 Å². The molecule has 1 heterocycles. The Morgan fingerprint density at radius 1 is 1.47 bits per heavy atom. The van der Waals surface area contributed by atoms with E-state index in [4.69, 9.17) is 9.84 Å². The summed E-state index contributed by atoms with van der Waals surface area (Å²) in [6, 6.07) is -0.861. The van der Waals surface area contributed by atoms with Crippen LogP contribution in [0.2, 0.25) is 0 Å². The standard InChI is InChI=1S/C13H24N2O4/c1-10(2)9-14(7-8-19-3)13(18)15-6-4-5-11(15)12(16)17/h10-11H,4-9H2,1-3H3,(H,16,17)/t11-/m1/s1. The molecular weight excluding hydrogens is 248 g/mol. The molecule has 1 N–H and O–H groups in total. The molecule has 1 fully saturated rings. The van der Waals surface area contributed by atoms with Crippen LogP contribution in [-0.4, -0.2) is 66.3 Å². The third-order valence-electron chi connectivity index (χ3n) is 3.20. The van der Waals surface area contributed by atoms with Crippen LogP contribution in [0.3, 0.4) is 0 Å². The topological polar surface area (TPSA) is 70.1 Å². The first-order valence-electron chi connectivity index (χ1n) is 6.74. The molecule has 110 valence electrons. The molecule has 6 heteroatoms. The van der Waals surface area contributed by atoms with E-state index in [1.54, 1.807) is 12.0 Å². The van der Waals surface area contributed by atoms with Gasteiger partial charge in [-0.15, -0.1) is 0 Å². The Hall–Kier alpha value is -1.30. The molecule has 19 heavy (non-hydrogen) atoms. The number of hydrogen-bond donors (Lipinski definition) is 1. The fourth-order valence-corrected chi connectivity index (χ4v) is 2.34. The van der Waals surface area contributed by atoms with E-state index in [2.05, 4.69) is 0 Å². The summed E-state index contributed by atoms with van der Waals surface area (Å²) in [5, 5.41) is 9.14. The number of ether oxygens (including phenoxy) is 1. The summed E-state index contributed by atoms with van der Waals surface area (Å²) >= 11 is 0. The maximum Gasteiger partial charge on any atom is 0.326 e. The predicted molar refractivity (Wildman–Crippen MR) is 71.0 cm³/mol. The minimum Gasteiger partial charge on any atom is -0.480 e. The van der Waals surface area contributed by atoms with Crippen LogP contribution < -0.4 is 0 Å². The number of hydrogen-bond acceptors (Lipinski definition) is 3. The second kappa shape index (κ2) is 7.33. The monoisotopic (exact) mass is 272 g/mol. The molecule has 0 radical (unpaired) electrons. The van der Waals surface area contributed by atoms with Gasteiger partial charge < -0.3 is 19.6 Å². The maximum absolute atomic E-state index is 12.4. The molecule has 1 aliphatic rings. The van der Waals surface area contributed by atoms with Gasteiger partial charge in [0, 0.05) is 26.7 Å². The van der Waals surface area contributed by atoms with Crippen molar-refractivity contribution in [3.05, 3.63) is 0 Å². The van der Waals surface area contributed by atoms with Crippen LogP contribution in [0, 0.1) is 5.92 Å². The summed E-state index contributed by atoms with van der Waals surface area (Å²) in [6.45, 7) is 6.17. The summed E-state index contributed by atoms with van der Waals surface area (Å²) in [5.41, 5.74) is 0. The Morgan fingerprint density at radius 2 is 2.16 bits per heavy atom. The van der Waals surface area contributed by atoms with E-state index in [1.165, 1.54) is 4.90 Å². The molecule has 1 rings (SSSR count). The maximum atomic E-state index is 12.4. The fourth-order valence-electron chi connectivity index (χ4n) is 2.34. The van der Waals surface area contributed by atoms with Gasteiger partial charge in [0.15, 0.2) is 0 Å². The Kier molecular flexibility index (Phi) is 6.08. The van der Waals surface area contributed by atoms with Crippen molar-refractivity contribution in [3.63, 3.8) is 0 Å². The van der Waals surface area contributed by atoms with Crippen LogP contribution in [0.25, 0.3) is 0 Å². The van der Waals surface area contributed by atoms with Crippen LogP contribution in [0.4, 0.5) is 4.79 Å². The van der Waals surface area contributed by atoms with Gasteiger partial charge in [-0.25, -0.2) is 9.59 Å². The Morgan fingerprint density at radius 3 is 2.68 bits per heavy atom. The highest BCUT2D eigenvalue weighted by Crippen LogP contribution is 2.19. The molecule has 1 atom stereocenters. The molecular formula is C13H24N2O4. The summed E-state index contributed by atoms with van der Waals surface area (Å²) < 4.78 is 5.01. The van der Waals surface area contributed by atoms with E-state index in [0.29, 0.717) is 38.6 Å². The van der Waals surface area contributed by atoms with Crippen molar-refractivity contribution in [1.29, 1.82) is 0 Å². The highest BCUT2D eigenvalue weighted by molar-refractivity contribution is 5.83. The normalized spacial score (nSPS) is 18.9. The van der Waals surface area contributed by atoms with Gasteiger partial charge >= 0.3 is 12.0 Å². The predicted octanol–water partition coefficient (Wildman–Crippen LogP) is 1.26. The quantitative estimate of drug-likeness (QED) is 0.790. The smallest absolute Gasteiger partial charge is 0.326 e. The van der Waals surface area contributed by atoms with Crippen molar-refractivity contribution >= 4 is 12.0 Å². The number of carbonyl (C=O) groups is 2. The van der Waals surface area contributed by atoms with E-state index in [1.807, 2.05) is 13.8 Å². The number of aliphatic carboxylic acids is 1. The number of urea groups is 1. The van der Waals surface area contributed by atoms with Crippen molar-refractivity contribution < 1.29 is 19.4 Å². The van der Waals surface area contributed by atoms with Gasteiger partial charge in [0.1, 0.15) is 6.04 Å².